The first-order valence-electron chi connectivity index (χ1n) is 8.68. The standard InChI is InChI=1S/C19H25N3O3/c23-14-16-8-9-22(12-15-5-2-1-3-6-15)13-18(16)21-19(24)20-11-17-7-4-10-25-17/h1-7,10,16,18,23H,8-9,11-14H2,(H2,20,21,24)/t16-,18+/m0/s1. The van der Waals surface area contributed by atoms with E-state index in [9.17, 15) is 9.90 Å². The van der Waals surface area contributed by atoms with Gasteiger partial charge in [-0.15, -0.1) is 0 Å². The van der Waals surface area contributed by atoms with Crippen molar-refractivity contribution in [3.63, 3.8) is 0 Å². The summed E-state index contributed by atoms with van der Waals surface area (Å²) < 4.78 is 5.21. The SMILES string of the molecule is O=C(NCc1ccco1)N[C@@H]1CN(Cc2ccccc2)CC[C@H]1CO. The van der Waals surface area contributed by atoms with Crippen molar-refractivity contribution in [3.8, 4) is 0 Å². The molecule has 2 heterocycles. The van der Waals surface area contributed by atoms with Gasteiger partial charge in [-0.2, -0.15) is 0 Å². The number of urea groups is 1. The van der Waals surface area contributed by atoms with Gasteiger partial charge in [0, 0.05) is 31.7 Å². The van der Waals surface area contributed by atoms with E-state index in [4.69, 9.17) is 4.42 Å². The minimum Gasteiger partial charge on any atom is -0.467 e. The van der Waals surface area contributed by atoms with E-state index in [1.807, 2.05) is 24.3 Å². The molecule has 2 atom stereocenters. The Bertz CT molecular complexity index is 645. The molecule has 0 aliphatic carbocycles. The lowest BCUT2D eigenvalue weighted by atomic mass is 9.92. The number of aliphatic hydroxyl groups excluding tert-OH is 1. The molecule has 2 amide bonds. The van der Waals surface area contributed by atoms with Crippen LogP contribution in [0.3, 0.4) is 0 Å². The maximum absolute atomic E-state index is 12.2. The summed E-state index contributed by atoms with van der Waals surface area (Å²) >= 11 is 0. The fourth-order valence-corrected chi connectivity index (χ4v) is 3.24. The van der Waals surface area contributed by atoms with Crippen molar-refractivity contribution in [2.75, 3.05) is 19.7 Å². The molecule has 0 saturated carbocycles. The molecule has 6 nitrogen and oxygen atoms in total. The predicted octanol–water partition coefficient (Wildman–Crippen LogP) is 1.96. The van der Waals surface area contributed by atoms with Crippen molar-refractivity contribution in [2.24, 2.45) is 5.92 Å². The quantitative estimate of drug-likeness (QED) is 0.749. The van der Waals surface area contributed by atoms with Crippen molar-refractivity contribution in [1.82, 2.24) is 15.5 Å². The number of rotatable bonds is 6. The zero-order valence-electron chi connectivity index (χ0n) is 14.2. The number of likely N-dealkylation sites (tertiary alicyclic amines) is 1. The van der Waals surface area contributed by atoms with Crippen LogP contribution in [0.2, 0.25) is 0 Å². The molecule has 0 radical (unpaired) electrons. The molecule has 3 rings (SSSR count). The van der Waals surface area contributed by atoms with Crippen LogP contribution in [-0.4, -0.2) is 41.8 Å². The van der Waals surface area contributed by atoms with Crippen LogP contribution < -0.4 is 10.6 Å². The lowest BCUT2D eigenvalue weighted by Gasteiger charge is -2.38. The van der Waals surface area contributed by atoms with Crippen molar-refractivity contribution < 1.29 is 14.3 Å². The summed E-state index contributed by atoms with van der Waals surface area (Å²) in [5, 5.41) is 15.4. The van der Waals surface area contributed by atoms with E-state index < -0.39 is 0 Å². The van der Waals surface area contributed by atoms with Crippen LogP contribution in [0.1, 0.15) is 17.7 Å². The molecule has 1 aromatic carbocycles. The van der Waals surface area contributed by atoms with Gasteiger partial charge < -0.3 is 20.2 Å². The summed E-state index contributed by atoms with van der Waals surface area (Å²) in [4.78, 5) is 14.5. The molecule has 1 fully saturated rings. The monoisotopic (exact) mass is 343 g/mol. The summed E-state index contributed by atoms with van der Waals surface area (Å²) in [6.45, 7) is 2.94. The summed E-state index contributed by atoms with van der Waals surface area (Å²) in [5.74, 6) is 0.796. The molecular weight excluding hydrogens is 318 g/mol. The lowest BCUT2D eigenvalue weighted by molar-refractivity contribution is 0.0946. The zero-order chi connectivity index (χ0) is 17.5. The highest BCUT2D eigenvalue weighted by Gasteiger charge is 2.29. The Morgan fingerprint density at radius 1 is 1.24 bits per heavy atom. The van der Waals surface area contributed by atoms with Gasteiger partial charge in [-0.25, -0.2) is 4.79 Å². The molecule has 0 spiro atoms. The highest BCUT2D eigenvalue weighted by atomic mass is 16.3. The first-order valence-corrected chi connectivity index (χ1v) is 8.68. The van der Waals surface area contributed by atoms with Gasteiger partial charge >= 0.3 is 6.03 Å². The molecule has 134 valence electrons. The molecule has 25 heavy (non-hydrogen) atoms. The molecule has 6 heteroatoms. The number of benzene rings is 1. The lowest BCUT2D eigenvalue weighted by Crippen LogP contribution is -2.55. The second-order valence-electron chi connectivity index (χ2n) is 6.46. The number of piperidine rings is 1. The molecule has 1 aliphatic rings. The number of hydrogen-bond acceptors (Lipinski definition) is 4. The second-order valence-corrected chi connectivity index (χ2v) is 6.46. The van der Waals surface area contributed by atoms with Crippen LogP contribution in [0.25, 0.3) is 0 Å². The van der Waals surface area contributed by atoms with Crippen molar-refractivity contribution in [1.29, 1.82) is 0 Å². The molecular formula is C19H25N3O3. The van der Waals surface area contributed by atoms with Crippen LogP contribution in [-0.2, 0) is 13.1 Å². The van der Waals surface area contributed by atoms with Crippen LogP contribution in [0.4, 0.5) is 4.79 Å². The fourth-order valence-electron chi connectivity index (χ4n) is 3.24. The second kappa shape index (κ2) is 8.69. The third kappa shape index (κ3) is 5.08. The largest absolute Gasteiger partial charge is 0.467 e. The summed E-state index contributed by atoms with van der Waals surface area (Å²) in [6, 6.07) is 13.6. The summed E-state index contributed by atoms with van der Waals surface area (Å²) in [5.41, 5.74) is 1.26. The zero-order valence-corrected chi connectivity index (χ0v) is 14.2. The molecule has 3 N–H and O–H groups in total. The predicted molar refractivity (Wildman–Crippen MR) is 94.8 cm³/mol. The number of nitrogens with one attached hydrogen (secondary N) is 2. The van der Waals surface area contributed by atoms with Crippen LogP contribution in [0.15, 0.2) is 53.1 Å². The number of hydrogen-bond donors (Lipinski definition) is 3. The third-order valence-electron chi connectivity index (χ3n) is 4.64. The average Bonchev–Trinajstić information content (AvgIpc) is 3.15. The van der Waals surface area contributed by atoms with Gasteiger partial charge in [-0.1, -0.05) is 30.3 Å². The van der Waals surface area contributed by atoms with E-state index in [0.29, 0.717) is 12.3 Å². The highest BCUT2D eigenvalue weighted by Crippen LogP contribution is 2.19. The molecule has 0 unspecified atom stereocenters. The molecule has 1 saturated heterocycles. The smallest absolute Gasteiger partial charge is 0.315 e. The third-order valence-corrected chi connectivity index (χ3v) is 4.64. The molecule has 0 bridgehead atoms. The van der Waals surface area contributed by atoms with Gasteiger partial charge in [0.2, 0.25) is 0 Å². The number of aliphatic hydroxyl groups is 1. The Labute approximate surface area is 147 Å². The van der Waals surface area contributed by atoms with Crippen molar-refractivity contribution in [2.45, 2.75) is 25.6 Å². The number of nitrogens with zero attached hydrogens (tertiary/aromatic N) is 1. The highest BCUT2D eigenvalue weighted by molar-refractivity contribution is 5.74. The topological polar surface area (TPSA) is 77.7 Å². The van der Waals surface area contributed by atoms with Gasteiger partial charge in [0.15, 0.2) is 0 Å². The summed E-state index contributed by atoms with van der Waals surface area (Å²) in [7, 11) is 0. The minimum absolute atomic E-state index is 0.0703. The number of carbonyl (C=O) groups excluding carboxylic acids is 1. The van der Waals surface area contributed by atoms with E-state index in [-0.39, 0.29) is 24.6 Å². The first kappa shape index (κ1) is 17.5. The maximum Gasteiger partial charge on any atom is 0.315 e. The van der Waals surface area contributed by atoms with E-state index in [2.05, 4.69) is 27.7 Å². The number of amides is 2. The van der Waals surface area contributed by atoms with E-state index in [0.717, 1.165) is 26.1 Å². The Morgan fingerprint density at radius 3 is 2.80 bits per heavy atom. The maximum atomic E-state index is 12.2. The Morgan fingerprint density at radius 2 is 2.08 bits per heavy atom. The minimum atomic E-state index is -0.235. The fraction of sp³-hybridized carbons (Fsp3) is 0.421. The van der Waals surface area contributed by atoms with Gasteiger partial charge in [0.05, 0.1) is 12.8 Å². The van der Waals surface area contributed by atoms with Crippen LogP contribution in [0, 0.1) is 5.92 Å². The van der Waals surface area contributed by atoms with E-state index in [1.165, 1.54) is 5.56 Å². The Hall–Kier alpha value is -2.31. The molecule has 1 aromatic heterocycles. The number of furan rings is 1. The van der Waals surface area contributed by atoms with Crippen LogP contribution >= 0.6 is 0 Å². The van der Waals surface area contributed by atoms with Gasteiger partial charge in [-0.3, -0.25) is 4.90 Å². The Balaban J connectivity index is 1.52. The average molecular weight is 343 g/mol. The number of carbonyl (C=O) groups is 1. The Kier molecular flexibility index (Phi) is 6.09. The van der Waals surface area contributed by atoms with Gasteiger partial charge in [0.1, 0.15) is 5.76 Å². The molecule has 1 aliphatic heterocycles. The van der Waals surface area contributed by atoms with Crippen molar-refractivity contribution in [3.05, 3.63) is 60.1 Å². The van der Waals surface area contributed by atoms with E-state index >= 15 is 0 Å². The van der Waals surface area contributed by atoms with E-state index in [1.54, 1.807) is 12.3 Å². The first-order chi connectivity index (χ1) is 12.2. The van der Waals surface area contributed by atoms with Gasteiger partial charge in [-0.05, 0) is 30.7 Å². The van der Waals surface area contributed by atoms with Crippen LogP contribution in [0.5, 0.6) is 0 Å². The normalized spacial score (nSPS) is 21.0. The summed E-state index contributed by atoms with van der Waals surface area (Å²) in [6.07, 6.45) is 2.45. The van der Waals surface area contributed by atoms with Crippen molar-refractivity contribution >= 4 is 6.03 Å². The van der Waals surface area contributed by atoms with Gasteiger partial charge in [0.25, 0.3) is 0 Å². The molecule has 2 aromatic rings.